The average molecular weight is 387 g/mol. The molecule has 19 heavy (non-hydrogen) atoms. The molecule has 2 rings (SSSR count). The lowest BCUT2D eigenvalue weighted by atomic mass is 10.1. The third kappa shape index (κ3) is 2.77. The smallest absolute Gasteiger partial charge is 0.352 e. The minimum Gasteiger partial charge on any atom is -0.477 e. The van der Waals surface area contributed by atoms with Gasteiger partial charge in [0, 0.05) is 20.6 Å². The van der Waals surface area contributed by atoms with Crippen LogP contribution in [0.1, 0.15) is 30.4 Å². The minimum absolute atomic E-state index is 0.0713. The van der Waals surface area contributed by atoms with Gasteiger partial charge in [-0.15, -0.1) is 0 Å². The quantitative estimate of drug-likeness (QED) is 0.809. The number of aromatic carboxylic acids is 1. The Kier molecular flexibility index (Phi) is 4.16. The van der Waals surface area contributed by atoms with Crippen LogP contribution in [-0.4, -0.2) is 15.6 Å². The molecular formula is C14H13Br2NO2. The van der Waals surface area contributed by atoms with Gasteiger partial charge in [0.25, 0.3) is 0 Å². The van der Waals surface area contributed by atoms with E-state index >= 15 is 0 Å². The van der Waals surface area contributed by atoms with E-state index in [1.165, 1.54) is 0 Å². The molecule has 5 heteroatoms. The van der Waals surface area contributed by atoms with Gasteiger partial charge in [0.2, 0.25) is 0 Å². The summed E-state index contributed by atoms with van der Waals surface area (Å²) in [5, 5.41) is 9.26. The summed E-state index contributed by atoms with van der Waals surface area (Å²) < 4.78 is 3.72. The van der Waals surface area contributed by atoms with Crippen molar-refractivity contribution >= 4 is 37.8 Å². The van der Waals surface area contributed by atoms with Crippen LogP contribution in [0, 0.1) is 0 Å². The normalized spacial score (nSPS) is 11.0. The van der Waals surface area contributed by atoms with Gasteiger partial charge in [-0.05, 0) is 44.2 Å². The molecule has 0 aliphatic heterocycles. The lowest BCUT2D eigenvalue weighted by Gasteiger charge is -2.16. The Labute approximate surface area is 128 Å². The van der Waals surface area contributed by atoms with Gasteiger partial charge in [0.15, 0.2) is 0 Å². The lowest BCUT2D eigenvalue weighted by Crippen LogP contribution is -2.11. The summed E-state index contributed by atoms with van der Waals surface area (Å²) in [5.74, 6) is -0.911. The number of hydrogen-bond donors (Lipinski definition) is 1. The first kappa shape index (κ1) is 14.3. The number of nitrogens with zero attached hydrogens (tertiary/aromatic N) is 1. The van der Waals surface area contributed by atoms with Crippen molar-refractivity contribution in [3.63, 3.8) is 0 Å². The van der Waals surface area contributed by atoms with Crippen LogP contribution >= 0.6 is 31.9 Å². The predicted octanol–water partition coefficient (Wildman–Crippen LogP) is 4.96. The zero-order valence-corrected chi connectivity index (χ0v) is 13.7. The number of aromatic nitrogens is 1. The summed E-state index contributed by atoms with van der Waals surface area (Å²) in [5.41, 5.74) is 2.16. The molecule has 0 saturated heterocycles. The lowest BCUT2D eigenvalue weighted by molar-refractivity contribution is 0.0683. The highest BCUT2D eigenvalue weighted by Crippen LogP contribution is 2.34. The van der Waals surface area contributed by atoms with Gasteiger partial charge >= 0.3 is 5.97 Å². The second-order valence-corrected chi connectivity index (χ2v) is 6.27. The molecule has 2 aromatic rings. The molecule has 0 fully saturated rings. The molecule has 0 spiro atoms. The number of carbonyl (C=O) groups is 1. The highest BCUT2D eigenvalue weighted by Gasteiger charge is 2.18. The van der Waals surface area contributed by atoms with Gasteiger partial charge in [0.1, 0.15) is 5.69 Å². The summed E-state index contributed by atoms with van der Waals surface area (Å²) in [6.45, 7) is 3.95. The summed E-state index contributed by atoms with van der Waals surface area (Å²) in [6, 6.07) is 9.42. The van der Waals surface area contributed by atoms with Crippen LogP contribution in [0.15, 0.2) is 39.3 Å². The summed E-state index contributed by atoms with van der Waals surface area (Å²) in [6.07, 6.45) is 0. The van der Waals surface area contributed by atoms with Crippen molar-refractivity contribution in [2.24, 2.45) is 0 Å². The Morgan fingerprint density at radius 2 is 1.89 bits per heavy atom. The second-order valence-electron chi connectivity index (χ2n) is 4.50. The molecule has 0 bridgehead atoms. The van der Waals surface area contributed by atoms with Gasteiger partial charge in [-0.1, -0.05) is 31.9 Å². The molecule has 100 valence electrons. The molecule has 3 nitrogen and oxygen atoms in total. The van der Waals surface area contributed by atoms with Gasteiger partial charge in [-0.3, -0.25) is 0 Å². The fraction of sp³-hybridized carbons (Fsp3) is 0.214. The van der Waals surface area contributed by atoms with Crippen molar-refractivity contribution in [2.45, 2.75) is 19.9 Å². The van der Waals surface area contributed by atoms with Crippen LogP contribution in [-0.2, 0) is 0 Å². The molecule has 0 radical (unpaired) electrons. The molecule has 0 aliphatic rings. The number of rotatable bonds is 3. The van der Waals surface area contributed by atoms with Gasteiger partial charge in [-0.2, -0.15) is 0 Å². The number of carboxylic acid groups (broad SMARTS) is 1. The average Bonchev–Trinajstić information content (AvgIpc) is 2.76. The maximum absolute atomic E-state index is 11.3. The molecule has 1 heterocycles. The number of carboxylic acids is 1. The van der Waals surface area contributed by atoms with Crippen LogP contribution in [0.25, 0.3) is 11.3 Å². The minimum atomic E-state index is -0.911. The topological polar surface area (TPSA) is 42.2 Å². The van der Waals surface area contributed by atoms with E-state index < -0.39 is 5.97 Å². The van der Waals surface area contributed by atoms with E-state index in [1.54, 1.807) is 6.07 Å². The molecular weight excluding hydrogens is 374 g/mol. The van der Waals surface area contributed by atoms with Crippen LogP contribution < -0.4 is 0 Å². The summed E-state index contributed by atoms with van der Waals surface area (Å²) >= 11 is 6.96. The monoisotopic (exact) mass is 385 g/mol. The molecule has 1 aromatic heterocycles. The first-order valence-corrected chi connectivity index (χ1v) is 7.40. The van der Waals surface area contributed by atoms with Crippen LogP contribution in [0.4, 0.5) is 0 Å². The molecule has 0 saturated carbocycles. The largest absolute Gasteiger partial charge is 0.477 e. The molecule has 0 amide bonds. The van der Waals surface area contributed by atoms with E-state index in [4.69, 9.17) is 0 Å². The predicted molar refractivity (Wildman–Crippen MR) is 82.6 cm³/mol. The van der Waals surface area contributed by atoms with Crippen molar-refractivity contribution in [1.29, 1.82) is 0 Å². The first-order valence-electron chi connectivity index (χ1n) is 5.81. The summed E-state index contributed by atoms with van der Waals surface area (Å²) in [4.78, 5) is 11.3. The Morgan fingerprint density at radius 1 is 1.21 bits per heavy atom. The van der Waals surface area contributed by atoms with Crippen LogP contribution in [0.2, 0.25) is 0 Å². The molecule has 1 N–H and O–H groups in total. The Hall–Kier alpha value is -1.07. The van der Waals surface area contributed by atoms with E-state index in [2.05, 4.69) is 31.9 Å². The number of benzene rings is 1. The van der Waals surface area contributed by atoms with Crippen molar-refractivity contribution in [2.75, 3.05) is 0 Å². The highest BCUT2D eigenvalue weighted by molar-refractivity contribution is 9.11. The molecule has 1 aromatic carbocycles. The van der Waals surface area contributed by atoms with E-state index in [9.17, 15) is 9.90 Å². The SMILES string of the molecule is CC(C)n1c(C(=O)O)ccc1-c1cc(Br)ccc1Br. The zero-order chi connectivity index (χ0) is 14.2. The molecule has 0 atom stereocenters. The number of hydrogen-bond acceptors (Lipinski definition) is 1. The third-order valence-electron chi connectivity index (χ3n) is 2.86. The van der Waals surface area contributed by atoms with Crippen molar-refractivity contribution in [3.05, 3.63) is 45.0 Å². The Balaban J connectivity index is 2.69. The standard InChI is InChI=1S/C14H13Br2NO2/c1-8(2)17-12(5-6-13(17)14(18)19)10-7-9(15)3-4-11(10)16/h3-8H,1-2H3,(H,18,19). The van der Waals surface area contributed by atoms with E-state index in [-0.39, 0.29) is 6.04 Å². The molecule has 0 aliphatic carbocycles. The van der Waals surface area contributed by atoms with Crippen molar-refractivity contribution < 1.29 is 9.90 Å². The van der Waals surface area contributed by atoms with Crippen LogP contribution in [0.5, 0.6) is 0 Å². The van der Waals surface area contributed by atoms with Gasteiger partial charge in [-0.25, -0.2) is 4.79 Å². The zero-order valence-electron chi connectivity index (χ0n) is 10.5. The fourth-order valence-corrected chi connectivity index (χ4v) is 2.90. The number of halogens is 2. The van der Waals surface area contributed by atoms with E-state index in [0.29, 0.717) is 5.69 Å². The first-order chi connectivity index (χ1) is 8.91. The van der Waals surface area contributed by atoms with E-state index in [0.717, 1.165) is 20.2 Å². The van der Waals surface area contributed by atoms with E-state index in [1.807, 2.05) is 42.7 Å². The van der Waals surface area contributed by atoms with Crippen molar-refractivity contribution in [3.8, 4) is 11.3 Å². The maximum atomic E-state index is 11.3. The third-order valence-corrected chi connectivity index (χ3v) is 4.04. The van der Waals surface area contributed by atoms with Gasteiger partial charge in [0.05, 0.1) is 5.69 Å². The maximum Gasteiger partial charge on any atom is 0.352 e. The van der Waals surface area contributed by atoms with Crippen molar-refractivity contribution in [1.82, 2.24) is 4.57 Å². The summed E-state index contributed by atoms with van der Waals surface area (Å²) in [7, 11) is 0. The Morgan fingerprint density at radius 3 is 2.47 bits per heavy atom. The second kappa shape index (κ2) is 5.51. The van der Waals surface area contributed by atoms with Crippen LogP contribution in [0.3, 0.4) is 0 Å². The van der Waals surface area contributed by atoms with Gasteiger partial charge < -0.3 is 9.67 Å². The Bertz CT molecular complexity index is 632. The molecule has 0 unspecified atom stereocenters. The fourth-order valence-electron chi connectivity index (χ4n) is 2.09. The highest BCUT2D eigenvalue weighted by atomic mass is 79.9.